The molecule has 0 aliphatic heterocycles. The lowest BCUT2D eigenvalue weighted by molar-refractivity contribution is -0.117. The summed E-state index contributed by atoms with van der Waals surface area (Å²) >= 11 is 6.95. The van der Waals surface area contributed by atoms with E-state index in [1.807, 2.05) is 25.8 Å². The fraction of sp³-hybridized carbons (Fsp3) is 0.556. The number of aromatic nitrogens is 1. The summed E-state index contributed by atoms with van der Waals surface area (Å²) in [4.78, 5) is 17.4. The number of likely N-dealkylation sites (N-methyl/N-ethyl adjacent to an activating group) is 1. The number of nitrogens with zero attached hydrogens (tertiary/aromatic N) is 2. The Morgan fingerprint density at radius 1 is 1.73 bits per heavy atom. The van der Waals surface area contributed by atoms with Crippen LogP contribution in [0.5, 0.6) is 0 Å². The molecule has 1 aromatic heterocycles. The summed E-state index contributed by atoms with van der Waals surface area (Å²) in [5.41, 5.74) is 0. The number of nitrogens with one attached hydrogen (secondary N) is 1. The summed E-state index contributed by atoms with van der Waals surface area (Å²) in [6, 6.07) is 0.343. The number of carbonyl (C=O) groups excluding carboxylic acids is 1. The predicted molar refractivity (Wildman–Crippen MR) is 63.5 cm³/mol. The van der Waals surface area contributed by atoms with Crippen molar-refractivity contribution in [2.24, 2.45) is 0 Å². The minimum atomic E-state index is -0.0720. The Morgan fingerprint density at radius 2 is 2.40 bits per heavy atom. The van der Waals surface area contributed by atoms with Crippen LogP contribution in [0.4, 0.5) is 5.13 Å². The summed E-state index contributed by atoms with van der Waals surface area (Å²) in [7, 11) is 1.90. The molecule has 1 heterocycles. The average molecular weight is 248 g/mol. The molecule has 0 bridgehead atoms. The molecule has 0 radical (unpaired) electrons. The molecule has 0 spiro atoms. The smallest absolute Gasteiger partial charge is 0.240 e. The Morgan fingerprint density at radius 3 is 2.87 bits per heavy atom. The second kappa shape index (κ2) is 5.44. The molecular formula is C9H14ClN3OS. The maximum Gasteiger partial charge on any atom is 0.240 e. The van der Waals surface area contributed by atoms with Crippen LogP contribution in [0, 0.1) is 0 Å². The first-order chi connectivity index (χ1) is 6.99. The number of hydrogen-bond acceptors (Lipinski definition) is 4. The van der Waals surface area contributed by atoms with Gasteiger partial charge in [-0.05, 0) is 20.9 Å². The van der Waals surface area contributed by atoms with Crippen molar-refractivity contribution in [3.05, 3.63) is 10.5 Å². The van der Waals surface area contributed by atoms with Gasteiger partial charge in [-0.2, -0.15) is 0 Å². The van der Waals surface area contributed by atoms with Gasteiger partial charge in [0.1, 0.15) is 4.34 Å². The van der Waals surface area contributed by atoms with E-state index < -0.39 is 0 Å². The average Bonchev–Trinajstić information content (AvgIpc) is 2.50. The van der Waals surface area contributed by atoms with Crippen molar-refractivity contribution in [2.45, 2.75) is 19.9 Å². The van der Waals surface area contributed by atoms with Crippen molar-refractivity contribution in [2.75, 3.05) is 18.9 Å². The fourth-order valence-corrected chi connectivity index (χ4v) is 1.71. The molecule has 1 amide bonds. The van der Waals surface area contributed by atoms with Crippen molar-refractivity contribution in [1.82, 2.24) is 9.88 Å². The van der Waals surface area contributed by atoms with Crippen molar-refractivity contribution in [1.29, 1.82) is 0 Å². The highest BCUT2D eigenvalue weighted by molar-refractivity contribution is 7.19. The largest absolute Gasteiger partial charge is 0.301 e. The van der Waals surface area contributed by atoms with Gasteiger partial charge >= 0.3 is 0 Å². The van der Waals surface area contributed by atoms with Gasteiger partial charge in [-0.15, -0.1) is 0 Å². The number of rotatable bonds is 4. The lowest BCUT2D eigenvalue weighted by Gasteiger charge is -2.19. The molecule has 84 valence electrons. The van der Waals surface area contributed by atoms with E-state index in [1.54, 1.807) is 0 Å². The monoisotopic (exact) mass is 247 g/mol. The molecular weight excluding hydrogens is 234 g/mol. The van der Waals surface area contributed by atoms with Crippen LogP contribution in [0.15, 0.2) is 6.20 Å². The van der Waals surface area contributed by atoms with E-state index in [0.717, 1.165) is 0 Å². The van der Waals surface area contributed by atoms with Gasteiger partial charge in [-0.1, -0.05) is 22.9 Å². The molecule has 0 saturated carbocycles. The fourth-order valence-electron chi connectivity index (χ4n) is 0.880. The molecule has 0 aromatic carbocycles. The number of thiazole rings is 1. The van der Waals surface area contributed by atoms with Crippen LogP contribution >= 0.6 is 22.9 Å². The van der Waals surface area contributed by atoms with Crippen LogP contribution in [0.25, 0.3) is 0 Å². The molecule has 0 fully saturated rings. The van der Waals surface area contributed by atoms with Crippen LogP contribution < -0.4 is 5.32 Å². The number of halogens is 1. The van der Waals surface area contributed by atoms with Crippen LogP contribution in [-0.4, -0.2) is 35.4 Å². The molecule has 0 saturated heterocycles. The van der Waals surface area contributed by atoms with E-state index >= 15 is 0 Å². The molecule has 15 heavy (non-hydrogen) atoms. The number of hydrogen-bond donors (Lipinski definition) is 1. The van der Waals surface area contributed by atoms with Crippen molar-refractivity contribution >= 4 is 34.0 Å². The highest BCUT2D eigenvalue weighted by Crippen LogP contribution is 2.22. The Hall–Kier alpha value is -0.650. The lowest BCUT2D eigenvalue weighted by atomic mass is 10.3. The molecule has 0 atom stereocenters. The first kappa shape index (κ1) is 12.4. The zero-order valence-electron chi connectivity index (χ0n) is 8.95. The second-order valence-corrected chi connectivity index (χ2v) is 5.19. The molecule has 0 aliphatic rings. The zero-order chi connectivity index (χ0) is 11.4. The number of amides is 1. The third-order valence-electron chi connectivity index (χ3n) is 2.00. The van der Waals surface area contributed by atoms with Crippen LogP contribution in [-0.2, 0) is 4.79 Å². The van der Waals surface area contributed by atoms with Crippen LogP contribution in [0.3, 0.4) is 0 Å². The van der Waals surface area contributed by atoms with Gasteiger partial charge in [0.05, 0.1) is 12.7 Å². The first-order valence-electron chi connectivity index (χ1n) is 4.60. The van der Waals surface area contributed by atoms with Crippen LogP contribution in [0.1, 0.15) is 13.8 Å². The van der Waals surface area contributed by atoms with Crippen molar-refractivity contribution < 1.29 is 4.79 Å². The van der Waals surface area contributed by atoms with Crippen molar-refractivity contribution in [3.63, 3.8) is 0 Å². The Labute approximate surface area is 98.3 Å². The lowest BCUT2D eigenvalue weighted by Crippen LogP contribution is -2.34. The Bertz CT molecular complexity index is 340. The molecule has 1 rings (SSSR count). The van der Waals surface area contributed by atoms with E-state index in [4.69, 9.17) is 11.6 Å². The van der Waals surface area contributed by atoms with Gasteiger partial charge in [0.15, 0.2) is 5.13 Å². The molecule has 1 N–H and O–H groups in total. The molecule has 0 unspecified atom stereocenters. The maximum absolute atomic E-state index is 11.5. The van der Waals surface area contributed by atoms with Gasteiger partial charge < -0.3 is 5.32 Å². The first-order valence-corrected chi connectivity index (χ1v) is 5.80. The SMILES string of the molecule is CC(C)N(C)CC(=O)Nc1ncc(Cl)s1. The number of carbonyl (C=O) groups is 1. The van der Waals surface area contributed by atoms with Gasteiger partial charge in [0.25, 0.3) is 0 Å². The minimum Gasteiger partial charge on any atom is -0.301 e. The molecule has 0 aliphatic carbocycles. The highest BCUT2D eigenvalue weighted by atomic mass is 35.5. The van der Waals surface area contributed by atoms with E-state index in [1.165, 1.54) is 17.5 Å². The second-order valence-electron chi connectivity index (χ2n) is 3.53. The quantitative estimate of drug-likeness (QED) is 0.886. The Kier molecular flexibility index (Phi) is 4.50. The molecule has 6 heteroatoms. The summed E-state index contributed by atoms with van der Waals surface area (Å²) in [6.45, 7) is 4.43. The van der Waals surface area contributed by atoms with Gasteiger partial charge in [0, 0.05) is 6.04 Å². The summed E-state index contributed by atoms with van der Waals surface area (Å²) in [5, 5.41) is 3.23. The van der Waals surface area contributed by atoms with E-state index in [-0.39, 0.29) is 5.91 Å². The molecule has 4 nitrogen and oxygen atoms in total. The van der Waals surface area contributed by atoms with Crippen LogP contribution in [0.2, 0.25) is 4.34 Å². The van der Waals surface area contributed by atoms with Gasteiger partial charge in [-0.3, -0.25) is 9.69 Å². The van der Waals surface area contributed by atoms with E-state index in [0.29, 0.717) is 22.1 Å². The highest BCUT2D eigenvalue weighted by Gasteiger charge is 2.10. The zero-order valence-corrected chi connectivity index (χ0v) is 10.5. The Balaban J connectivity index is 2.43. The molecule has 1 aromatic rings. The summed E-state index contributed by atoms with van der Waals surface area (Å²) in [6.07, 6.45) is 1.52. The predicted octanol–water partition coefficient (Wildman–Crippen LogP) is 2.08. The summed E-state index contributed by atoms with van der Waals surface area (Å²) < 4.78 is 0.572. The van der Waals surface area contributed by atoms with Gasteiger partial charge in [0.2, 0.25) is 5.91 Å². The third kappa shape index (κ3) is 4.15. The normalized spacial score (nSPS) is 11.1. The third-order valence-corrected chi connectivity index (χ3v) is 3.03. The van der Waals surface area contributed by atoms with E-state index in [2.05, 4.69) is 10.3 Å². The van der Waals surface area contributed by atoms with Crippen molar-refractivity contribution in [3.8, 4) is 0 Å². The maximum atomic E-state index is 11.5. The van der Waals surface area contributed by atoms with Gasteiger partial charge in [-0.25, -0.2) is 4.98 Å². The number of anilines is 1. The summed E-state index contributed by atoms with van der Waals surface area (Å²) in [5.74, 6) is -0.0720. The minimum absolute atomic E-state index is 0.0720. The van der Waals surface area contributed by atoms with E-state index in [9.17, 15) is 4.79 Å². The standard InChI is InChI=1S/C9H14ClN3OS/c1-6(2)13(3)5-8(14)12-9-11-4-7(10)15-9/h4,6H,5H2,1-3H3,(H,11,12,14). The topological polar surface area (TPSA) is 45.2 Å².